The van der Waals surface area contributed by atoms with Crippen molar-refractivity contribution in [2.45, 2.75) is 121 Å². The summed E-state index contributed by atoms with van der Waals surface area (Å²) in [7, 11) is 0. The average Bonchev–Trinajstić information content (AvgIpc) is 3.56. The van der Waals surface area contributed by atoms with Gasteiger partial charge in [-0.3, -0.25) is 4.79 Å². The zero-order chi connectivity index (χ0) is 26.1. The quantitative estimate of drug-likeness (QED) is 0.377. The highest BCUT2D eigenvalue weighted by atomic mass is 16.5. The molecule has 5 unspecified atom stereocenters. The molecule has 4 heteroatoms. The summed E-state index contributed by atoms with van der Waals surface area (Å²) in [5, 5.41) is 15.2. The Bertz CT molecular complexity index is 1010. The van der Waals surface area contributed by atoms with Crippen LogP contribution in [0, 0.1) is 29.1 Å². The van der Waals surface area contributed by atoms with Gasteiger partial charge in [-0.2, -0.15) is 0 Å². The first-order valence-electron chi connectivity index (χ1n) is 15.9. The number of aliphatic hydroxyl groups excluding tert-OH is 1. The lowest BCUT2D eigenvalue weighted by molar-refractivity contribution is -0.116. The van der Waals surface area contributed by atoms with Crippen LogP contribution in [0.1, 0.15) is 102 Å². The van der Waals surface area contributed by atoms with Crippen molar-refractivity contribution in [3.05, 3.63) is 41.5 Å². The van der Waals surface area contributed by atoms with Crippen LogP contribution in [0.25, 0.3) is 0 Å². The van der Waals surface area contributed by atoms with Crippen molar-refractivity contribution in [2.24, 2.45) is 29.1 Å². The molecule has 208 valence electrons. The molecule has 38 heavy (non-hydrogen) atoms. The summed E-state index contributed by atoms with van der Waals surface area (Å²) in [4.78, 5) is 12.0. The number of nitrogens with one attached hydrogen (secondary N) is 1. The Morgan fingerprint density at radius 1 is 1.05 bits per heavy atom. The number of benzene rings is 1. The van der Waals surface area contributed by atoms with Gasteiger partial charge in [-0.1, -0.05) is 37.5 Å². The lowest BCUT2D eigenvalue weighted by Crippen LogP contribution is -2.49. The zero-order valence-corrected chi connectivity index (χ0v) is 23.5. The summed E-state index contributed by atoms with van der Waals surface area (Å²) in [5.74, 6) is 3.97. The standard InChI is InChI=1S/C34H49NO3/c1-2-25(35-26-7-3-4-8-26)20-23-6-5-9-28(21-23)38-19-18-34-17-16-30-29-13-11-27(36)22-24(29)10-12-31(30)32(34)14-15-33(34)37/h5-6,9,21-22,25-26,29-33,35,37H,2-4,7-8,10-20H2,1H3/t25?,29?,30?,31?,32?,33-,34+/m0/s1. The summed E-state index contributed by atoms with van der Waals surface area (Å²) in [6.45, 7) is 2.98. The van der Waals surface area contributed by atoms with Gasteiger partial charge in [0.25, 0.3) is 0 Å². The zero-order valence-electron chi connectivity index (χ0n) is 23.5. The van der Waals surface area contributed by atoms with E-state index in [2.05, 4.69) is 36.5 Å². The highest BCUT2D eigenvalue weighted by molar-refractivity contribution is 5.91. The molecule has 0 amide bonds. The predicted octanol–water partition coefficient (Wildman–Crippen LogP) is 6.79. The fourth-order valence-electron chi connectivity index (χ4n) is 9.59. The van der Waals surface area contributed by atoms with E-state index in [1.54, 1.807) is 0 Å². The smallest absolute Gasteiger partial charge is 0.155 e. The minimum atomic E-state index is -0.194. The highest BCUT2D eigenvalue weighted by Crippen LogP contribution is 2.63. The van der Waals surface area contributed by atoms with Gasteiger partial charge in [0.2, 0.25) is 0 Å². The molecule has 0 bridgehead atoms. The molecule has 7 atom stereocenters. The van der Waals surface area contributed by atoms with Gasteiger partial charge in [0, 0.05) is 23.9 Å². The monoisotopic (exact) mass is 519 g/mol. The summed E-state index contributed by atoms with van der Waals surface area (Å²) >= 11 is 0. The number of carbonyl (C=O) groups is 1. The van der Waals surface area contributed by atoms with Crippen LogP contribution in [-0.2, 0) is 11.2 Å². The van der Waals surface area contributed by atoms with Crippen LogP contribution in [0.4, 0.5) is 0 Å². The van der Waals surface area contributed by atoms with Crippen LogP contribution in [-0.4, -0.2) is 35.7 Å². The first-order valence-corrected chi connectivity index (χ1v) is 15.9. The maximum Gasteiger partial charge on any atom is 0.155 e. The molecule has 0 saturated heterocycles. The van der Waals surface area contributed by atoms with Crippen molar-refractivity contribution in [1.29, 1.82) is 0 Å². The first kappa shape index (κ1) is 26.6. The van der Waals surface area contributed by atoms with Crippen LogP contribution >= 0.6 is 0 Å². The van der Waals surface area contributed by atoms with Gasteiger partial charge in [0.05, 0.1) is 12.7 Å². The molecule has 0 aliphatic heterocycles. The number of hydrogen-bond acceptors (Lipinski definition) is 4. The second kappa shape index (κ2) is 11.5. The van der Waals surface area contributed by atoms with E-state index in [0.29, 0.717) is 48.1 Å². The van der Waals surface area contributed by atoms with Crippen LogP contribution in [0.3, 0.4) is 0 Å². The lowest BCUT2D eigenvalue weighted by Gasteiger charge is -2.54. The van der Waals surface area contributed by atoms with Crippen molar-refractivity contribution < 1.29 is 14.6 Å². The number of aliphatic hydroxyl groups is 1. The van der Waals surface area contributed by atoms with Gasteiger partial charge in [-0.15, -0.1) is 0 Å². The molecule has 5 aliphatic carbocycles. The van der Waals surface area contributed by atoms with Crippen molar-refractivity contribution in [1.82, 2.24) is 5.32 Å². The molecule has 0 spiro atoms. The molecule has 2 N–H and O–H groups in total. The Kier molecular flexibility index (Phi) is 8.01. The van der Waals surface area contributed by atoms with E-state index in [1.807, 2.05) is 6.08 Å². The van der Waals surface area contributed by atoms with Crippen molar-refractivity contribution in [3.8, 4) is 5.75 Å². The minimum Gasteiger partial charge on any atom is -0.494 e. The number of carbonyl (C=O) groups excluding carboxylic acids is 1. The highest BCUT2D eigenvalue weighted by Gasteiger charge is 2.58. The van der Waals surface area contributed by atoms with Gasteiger partial charge >= 0.3 is 0 Å². The molecule has 1 aromatic carbocycles. The predicted molar refractivity (Wildman–Crippen MR) is 152 cm³/mol. The number of fused-ring (bicyclic) bond motifs is 5. The second-order valence-electron chi connectivity index (χ2n) is 13.4. The summed E-state index contributed by atoms with van der Waals surface area (Å²) < 4.78 is 6.40. The van der Waals surface area contributed by atoms with Gasteiger partial charge in [-0.05, 0) is 124 Å². The van der Waals surface area contributed by atoms with Crippen LogP contribution < -0.4 is 10.1 Å². The second-order valence-corrected chi connectivity index (χ2v) is 13.4. The van der Waals surface area contributed by atoms with Crippen LogP contribution in [0.5, 0.6) is 5.75 Å². The number of allylic oxidation sites excluding steroid dienone is 1. The molecule has 5 aliphatic rings. The molecule has 6 rings (SSSR count). The van der Waals surface area contributed by atoms with Gasteiger partial charge in [-0.25, -0.2) is 0 Å². The molecule has 4 fully saturated rings. The SMILES string of the molecule is CCC(Cc1cccc(OCC[C@]23CCC4C5CCC(=O)C=C5CCC4C2CC[C@@H]3O)c1)NC1CCCC1. The summed E-state index contributed by atoms with van der Waals surface area (Å²) in [6, 6.07) is 9.97. The number of ketones is 1. The molecule has 0 radical (unpaired) electrons. The third-order valence-electron chi connectivity index (χ3n) is 11.5. The van der Waals surface area contributed by atoms with E-state index in [1.165, 1.54) is 49.7 Å². The average molecular weight is 520 g/mol. The first-order chi connectivity index (χ1) is 18.6. The topological polar surface area (TPSA) is 58.6 Å². The molecular weight excluding hydrogens is 470 g/mol. The number of ether oxygens (including phenoxy) is 1. The van der Waals surface area contributed by atoms with E-state index in [0.717, 1.165) is 63.5 Å². The Labute approximate surface area is 230 Å². The van der Waals surface area contributed by atoms with E-state index in [-0.39, 0.29) is 11.5 Å². The van der Waals surface area contributed by atoms with Gasteiger partial charge in [0.1, 0.15) is 5.75 Å². The Morgan fingerprint density at radius 2 is 1.92 bits per heavy atom. The third kappa shape index (κ3) is 5.24. The van der Waals surface area contributed by atoms with Gasteiger partial charge in [0.15, 0.2) is 5.78 Å². The van der Waals surface area contributed by atoms with Crippen molar-refractivity contribution in [2.75, 3.05) is 6.61 Å². The molecule has 4 nitrogen and oxygen atoms in total. The molecule has 0 aromatic heterocycles. The number of hydrogen-bond donors (Lipinski definition) is 2. The van der Waals surface area contributed by atoms with Crippen LogP contribution in [0.2, 0.25) is 0 Å². The lowest BCUT2D eigenvalue weighted by atomic mass is 9.51. The molecule has 4 saturated carbocycles. The Morgan fingerprint density at radius 3 is 2.76 bits per heavy atom. The van der Waals surface area contributed by atoms with Crippen molar-refractivity contribution >= 4 is 5.78 Å². The maximum absolute atomic E-state index is 12.0. The summed E-state index contributed by atoms with van der Waals surface area (Å²) in [5.41, 5.74) is 2.82. The Balaban J connectivity index is 1.07. The molecule has 0 heterocycles. The van der Waals surface area contributed by atoms with E-state index < -0.39 is 0 Å². The van der Waals surface area contributed by atoms with Gasteiger partial charge < -0.3 is 15.2 Å². The maximum atomic E-state index is 12.0. The fraction of sp³-hybridized carbons (Fsp3) is 0.735. The third-order valence-corrected chi connectivity index (χ3v) is 11.5. The molecular formula is C34H49NO3. The normalized spacial score (nSPS) is 35.8. The van der Waals surface area contributed by atoms with Crippen LogP contribution in [0.15, 0.2) is 35.9 Å². The van der Waals surface area contributed by atoms with E-state index in [4.69, 9.17) is 4.74 Å². The summed E-state index contributed by atoms with van der Waals surface area (Å²) in [6.07, 6.45) is 18.9. The van der Waals surface area contributed by atoms with E-state index in [9.17, 15) is 9.90 Å². The Hall–Kier alpha value is -1.65. The molecule has 1 aromatic rings. The number of rotatable bonds is 9. The van der Waals surface area contributed by atoms with Crippen molar-refractivity contribution in [3.63, 3.8) is 0 Å². The fourth-order valence-corrected chi connectivity index (χ4v) is 9.59. The largest absolute Gasteiger partial charge is 0.494 e. The minimum absolute atomic E-state index is 0.0169. The van der Waals surface area contributed by atoms with E-state index >= 15 is 0 Å².